The van der Waals surface area contributed by atoms with Gasteiger partial charge in [-0.05, 0) is 30.4 Å². The molecule has 0 spiro atoms. The van der Waals surface area contributed by atoms with Crippen molar-refractivity contribution in [3.05, 3.63) is 36.9 Å². The van der Waals surface area contributed by atoms with Crippen LogP contribution in [0, 0.1) is 5.92 Å². The van der Waals surface area contributed by atoms with Gasteiger partial charge >= 0.3 is 0 Å². The molecule has 0 bridgehead atoms. The number of nitrogens with one attached hydrogen (secondary N) is 1. The van der Waals surface area contributed by atoms with E-state index in [0.29, 0.717) is 5.82 Å². The van der Waals surface area contributed by atoms with E-state index >= 15 is 0 Å². The van der Waals surface area contributed by atoms with Crippen LogP contribution in [-0.2, 0) is 11.8 Å². The first-order chi connectivity index (χ1) is 12.9. The Morgan fingerprint density at radius 1 is 1.15 bits per heavy atom. The lowest BCUT2D eigenvalue weighted by Gasteiger charge is -2.27. The van der Waals surface area contributed by atoms with Crippen LogP contribution in [0.3, 0.4) is 0 Å². The molecular formula is C19H19F2N5O. The molecule has 0 radical (unpaired) electrons. The van der Waals surface area contributed by atoms with E-state index in [1.54, 1.807) is 29.3 Å². The number of anilines is 1. The summed E-state index contributed by atoms with van der Waals surface area (Å²) >= 11 is 0. The monoisotopic (exact) mass is 371 g/mol. The zero-order valence-electron chi connectivity index (χ0n) is 14.8. The topological polar surface area (TPSA) is 72.7 Å². The van der Waals surface area contributed by atoms with Crippen molar-refractivity contribution >= 4 is 22.5 Å². The third-order valence-electron chi connectivity index (χ3n) is 4.94. The predicted octanol–water partition coefficient (Wildman–Crippen LogP) is 3.79. The largest absolute Gasteiger partial charge is 0.310 e. The molecule has 27 heavy (non-hydrogen) atoms. The van der Waals surface area contributed by atoms with E-state index in [9.17, 15) is 13.6 Å². The molecule has 0 unspecified atom stereocenters. The highest BCUT2D eigenvalue weighted by Crippen LogP contribution is 2.36. The average Bonchev–Trinajstić information content (AvgIpc) is 3.07. The summed E-state index contributed by atoms with van der Waals surface area (Å²) in [4.78, 5) is 21.0. The van der Waals surface area contributed by atoms with Crippen molar-refractivity contribution in [3.63, 3.8) is 0 Å². The highest BCUT2D eigenvalue weighted by Gasteiger charge is 2.37. The first-order valence-corrected chi connectivity index (χ1v) is 8.83. The molecule has 0 saturated heterocycles. The van der Waals surface area contributed by atoms with Gasteiger partial charge in [-0.2, -0.15) is 5.10 Å². The molecule has 1 aliphatic rings. The second kappa shape index (κ2) is 6.68. The van der Waals surface area contributed by atoms with E-state index in [0.717, 1.165) is 22.0 Å². The van der Waals surface area contributed by atoms with Gasteiger partial charge in [-0.25, -0.2) is 13.8 Å². The molecule has 0 aromatic carbocycles. The number of amides is 1. The molecule has 4 rings (SSSR count). The Morgan fingerprint density at radius 2 is 1.89 bits per heavy atom. The molecule has 0 atom stereocenters. The third-order valence-corrected chi connectivity index (χ3v) is 4.94. The minimum Gasteiger partial charge on any atom is -0.310 e. The predicted molar refractivity (Wildman–Crippen MR) is 97.3 cm³/mol. The summed E-state index contributed by atoms with van der Waals surface area (Å²) in [5.74, 6) is -2.88. The number of hydrogen-bond acceptors (Lipinski definition) is 4. The molecule has 8 heteroatoms. The van der Waals surface area contributed by atoms with Crippen molar-refractivity contribution < 1.29 is 13.6 Å². The second-order valence-electron chi connectivity index (χ2n) is 7.01. The van der Waals surface area contributed by atoms with Crippen LogP contribution in [0.15, 0.2) is 36.9 Å². The maximum Gasteiger partial charge on any atom is 0.248 e. The van der Waals surface area contributed by atoms with Gasteiger partial charge in [0.25, 0.3) is 0 Å². The van der Waals surface area contributed by atoms with Crippen LogP contribution in [-0.4, -0.2) is 31.6 Å². The summed E-state index contributed by atoms with van der Waals surface area (Å²) in [5.41, 5.74) is 1.67. The van der Waals surface area contributed by atoms with Gasteiger partial charge < -0.3 is 5.32 Å². The number of alkyl halides is 2. The first-order valence-electron chi connectivity index (χ1n) is 8.83. The van der Waals surface area contributed by atoms with Gasteiger partial charge in [0.1, 0.15) is 5.82 Å². The number of hydrogen-bond donors (Lipinski definition) is 1. The zero-order valence-corrected chi connectivity index (χ0v) is 14.8. The van der Waals surface area contributed by atoms with Crippen LogP contribution in [0.5, 0.6) is 0 Å². The lowest BCUT2D eigenvalue weighted by Crippen LogP contribution is -2.32. The molecule has 1 aliphatic carbocycles. The van der Waals surface area contributed by atoms with Gasteiger partial charge in [-0.1, -0.05) is 0 Å². The fourth-order valence-corrected chi connectivity index (χ4v) is 3.35. The highest BCUT2D eigenvalue weighted by molar-refractivity contribution is 5.94. The lowest BCUT2D eigenvalue weighted by molar-refractivity contribution is -0.124. The number of nitrogens with zero attached hydrogens (tertiary/aromatic N) is 4. The maximum absolute atomic E-state index is 13.3. The Bertz CT molecular complexity index is 991. The quantitative estimate of drug-likeness (QED) is 0.760. The van der Waals surface area contributed by atoms with Crippen LogP contribution in [0.25, 0.3) is 22.0 Å². The van der Waals surface area contributed by atoms with E-state index in [-0.39, 0.29) is 31.6 Å². The minimum atomic E-state index is -2.65. The molecule has 3 heterocycles. The Kier molecular flexibility index (Phi) is 4.33. The van der Waals surface area contributed by atoms with Gasteiger partial charge in [0.05, 0.1) is 11.9 Å². The Balaban J connectivity index is 1.53. The highest BCUT2D eigenvalue weighted by atomic mass is 19.3. The standard InChI is InChI=1S/C19H19F2N5O/c1-26-11-15(10-24-26)16-6-13-7-17(23-9-14(13)8-22-16)25-18(27)12-2-4-19(20,21)5-3-12/h6-12H,2-5H2,1H3,(H,23,25,27). The first kappa shape index (κ1) is 17.5. The summed E-state index contributed by atoms with van der Waals surface area (Å²) in [6.07, 6.45) is 6.88. The summed E-state index contributed by atoms with van der Waals surface area (Å²) in [7, 11) is 1.84. The van der Waals surface area contributed by atoms with Gasteiger partial charge in [0.15, 0.2) is 0 Å². The molecule has 3 aromatic rings. The van der Waals surface area contributed by atoms with E-state index in [1.807, 2.05) is 19.3 Å². The molecule has 1 N–H and O–H groups in total. The third kappa shape index (κ3) is 3.79. The number of carbonyl (C=O) groups is 1. The van der Waals surface area contributed by atoms with Gasteiger partial charge in [0, 0.05) is 55.3 Å². The smallest absolute Gasteiger partial charge is 0.248 e. The molecule has 140 valence electrons. The lowest BCUT2D eigenvalue weighted by atomic mass is 9.86. The van der Waals surface area contributed by atoms with Gasteiger partial charge in [-0.3, -0.25) is 14.5 Å². The van der Waals surface area contributed by atoms with Crippen molar-refractivity contribution in [3.8, 4) is 11.3 Å². The number of rotatable bonds is 3. The van der Waals surface area contributed by atoms with Crippen LogP contribution < -0.4 is 5.32 Å². The summed E-state index contributed by atoms with van der Waals surface area (Å²) < 4.78 is 28.2. The Hall–Kier alpha value is -2.90. The average molecular weight is 371 g/mol. The number of aromatic nitrogens is 4. The molecule has 1 amide bonds. The van der Waals surface area contributed by atoms with Crippen molar-refractivity contribution in [2.45, 2.75) is 31.6 Å². The number of aryl methyl sites for hydroxylation is 1. The van der Waals surface area contributed by atoms with Crippen LogP contribution in [0.1, 0.15) is 25.7 Å². The molecule has 6 nitrogen and oxygen atoms in total. The molecule has 1 saturated carbocycles. The normalized spacial score (nSPS) is 17.1. The van der Waals surface area contributed by atoms with Gasteiger partial charge in [-0.15, -0.1) is 0 Å². The molecular weight excluding hydrogens is 352 g/mol. The van der Waals surface area contributed by atoms with E-state index in [1.165, 1.54) is 0 Å². The van der Waals surface area contributed by atoms with Crippen molar-refractivity contribution in [1.82, 2.24) is 19.7 Å². The zero-order chi connectivity index (χ0) is 19.0. The number of fused-ring (bicyclic) bond motifs is 1. The number of pyridine rings is 2. The van der Waals surface area contributed by atoms with Crippen LogP contribution >= 0.6 is 0 Å². The van der Waals surface area contributed by atoms with Gasteiger partial charge in [0.2, 0.25) is 11.8 Å². The SMILES string of the molecule is Cn1cc(-c2cc3cc(NC(=O)C4CCC(F)(F)CC4)ncc3cn2)cn1. The van der Waals surface area contributed by atoms with Crippen LogP contribution in [0.4, 0.5) is 14.6 Å². The molecule has 0 aliphatic heterocycles. The van der Waals surface area contributed by atoms with Crippen LogP contribution in [0.2, 0.25) is 0 Å². The maximum atomic E-state index is 13.3. The van der Waals surface area contributed by atoms with Crippen molar-refractivity contribution in [1.29, 1.82) is 0 Å². The summed E-state index contributed by atoms with van der Waals surface area (Å²) in [5, 5.41) is 8.63. The fourth-order valence-electron chi connectivity index (χ4n) is 3.35. The van der Waals surface area contributed by atoms with Crippen molar-refractivity contribution in [2.75, 3.05) is 5.32 Å². The number of halogens is 2. The Morgan fingerprint density at radius 3 is 2.59 bits per heavy atom. The van der Waals surface area contributed by atoms with Crippen molar-refractivity contribution in [2.24, 2.45) is 13.0 Å². The second-order valence-corrected chi connectivity index (χ2v) is 7.01. The summed E-state index contributed by atoms with van der Waals surface area (Å²) in [6, 6.07) is 3.68. The summed E-state index contributed by atoms with van der Waals surface area (Å²) in [6.45, 7) is 0. The van der Waals surface area contributed by atoms with E-state index in [4.69, 9.17) is 0 Å². The molecule has 3 aromatic heterocycles. The van der Waals surface area contributed by atoms with E-state index < -0.39 is 11.8 Å². The Labute approximate surface area is 154 Å². The fraction of sp³-hybridized carbons (Fsp3) is 0.368. The number of carbonyl (C=O) groups excluding carboxylic acids is 1. The molecule has 1 fully saturated rings. The van der Waals surface area contributed by atoms with E-state index in [2.05, 4.69) is 20.4 Å². The minimum absolute atomic E-state index is 0.196.